The summed E-state index contributed by atoms with van der Waals surface area (Å²) in [5.74, 6) is -0.973. The lowest BCUT2D eigenvalue weighted by Gasteiger charge is -2.38. The summed E-state index contributed by atoms with van der Waals surface area (Å²) in [5, 5.41) is 0. The first-order valence-corrected chi connectivity index (χ1v) is 10.1. The quantitative estimate of drug-likeness (QED) is 0.803. The monoisotopic (exact) mass is 368 g/mol. The number of carbonyl (C=O) groups is 2. The molecule has 0 radical (unpaired) electrons. The number of para-hydroxylation sites is 1. The van der Waals surface area contributed by atoms with Gasteiger partial charge in [0.2, 0.25) is 10.0 Å². The van der Waals surface area contributed by atoms with Crippen LogP contribution in [0, 0.1) is 0 Å². The average molecular weight is 368 g/mol. The second-order valence-corrected chi connectivity index (χ2v) is 8.17. The molecule has 1 aliphatic heterocycles. The molecule has 25 heavy (non-hydrogen) atoms. The van der Waals surface area contributed by atoms with E-state index in [0.717, 1.165) is 25.5 Å². The van der Waals surface area contributed by atoms with Crippen molar-refractivity contribution in [2.24, 2.45) is 0 Å². The molecule has 1 N–H and O–H groups in total. The molecular formula is C17H24N2O5S. The molecule has 0 aromatic heterocycles. The molecule has 0 unspecified atom stereocenters. The highest BCUT2D eigenvalue weighted by molar-refractivity contribution is 7.92. The van der Waals surface area contributed by atoms with E-state index in [1.165, 1.54) is 12.1 Å². The average Bonchev–Trinajstić information content (AvgIpc) is 2.51. The molecule has 1 saturated heterocycles. The van der Waals surface area contributed by atoms with Gasteiger partial charge >= 0.3 is 5.97 Å². The summed E-state index contributed by atoms with van der Waals surface area (Å²) < 4.78 is 30.2. The van der Waals surface area contributed by atoms with Gasteiger partial charge in [0.05, 0.1) is 17.5 Å². The number of sulfonamides is 1. The number of hydrogen-bond acceptors (Lipinski definition) is 5. The van der Waals surface area contributed by atoms with E-state index >= 15 is 0 Å². The summed E-state index contributed by atoms with van der Waals surface area (Å²) in [7, 11) is -3.53. The van der Waals surface area contributed by atoms with Crippen LogP contribution in [0.15, 0.2) is 24.3 Å². The number of benzene rings is 1. The second kappa shape index (κ2) is 7.86. The van der Waals surface area contributed by atoms with Crippen LogP contribution in [0.2, 0.25) is 0 Å². The van der Waals surface area contributed by atoms with Gasteiger partial charge in [-0.15, -0.1) is 0 Å². The van der Waals surface area contributed by atoms with E-state index in [2.05, 4.69) is 4.72 Å². The number of rotatable bonds is 5. The van der Waals surface area contributed by atoms with Crippen LogP contribution < -0.4 is 4.72 Å². The van der Waals surface area contributed by atoms with Crippen LogP contribution in [0.1, 0.15) is 43.5 Å². The first-order valence-electron chi connectivity index (χ1n) is 8.24. The van der Waals surface area contributed by atoms with Gasteiger partial charge in [-0.2, -0.15) is 0 Å². The summed E-state index contributed by atoms with van der Waals surface area (Å²) in [5.41, 5.74) is 0.197. The molecule has 1 amide bonds. The number of nitrogens with one attached hydrogen (secondary N) is 1. The minimum atomic E-state index is -3.53. The van der Waals surface area contributed by atoms with Crippen molar-refractivity contribution in [1.29, 1.82) is 0 Å². The molecule has 0 aliphatic carbocycles. The van der Waals surface area contributed by atoms with Crippen molar-refractivity contribution in [2.75, 3.05) is 17.6 Å². The zero-order valence-corrected chi connectivity index (χ0v) is 15.5. The number of amides is 1. The van der Waals surface area contributed by atoms with Crippen LogP contribution in [-0.4, -0.2) is 50.1 Å². The van der Waals surface area contributed by atoms with Crippen LogP contribution in [-0.2, 0) is 19.6 Å². The Kier molecular flexibility index (Phi) is 6.05. The van der Waals surface area contributed by atoms with Gasteiger partial charge in [0, 0.05) is 12.1 Å². The number of piperidine rings is 1. The summed E-state index contributed by atoms with van der Waals surface area (Å²) in [6.07, 6.45) is 3.95. The molecule has 2 atom stereocenters. The molecule has 1 aliphatic rings. The first-order chi connectivity index (χ1) is 11.7. The smallest absolute Gasteiger partial charge is 0.340 e. The summed E-state index contributed by atoms with van der Waals surface area (Å²) >= 11 is 0. The van der Waals surface area contributed by atoms with Crippen molar-refractivity contribution >= 4 is 27.6 Å². The highest BCUT2D eigenvalue weighted by Gasteiger charge is 2.29. The van der Waals surface area contributed by atoms with Crippen LogP contribution in [0.4, 0.5) is 5.69 Å². The minimum absolute atomic E-state index is 0.0699. The van der Waals surface area contributed by atoms with E-state index in [9.17, 15) is 18.0 Å². The zero-order chi connectivity index (χ0) is 18.6. The van der Waals surface area contributed by atoms with E-state index in [4.69, 9.17) is 4.74 Å². The van der Waals surface area contributed by atoms with Crippen molar-refractivity contribution in [3.05, 3.63) is 29.8 Å². The van der Waals surface area contributed by atoms with Gasteiger partial charge in [-0.05, 0) is 45.2 Å². The predicted molar refractivity (Wildman–Crippen MR) is 94.8 cm³/mol. The van der Waals surface area contributed by atoms with Crippen LogP contribution in [0.3, 0.4) is 0 Å². The van der Waals surface area contributed by atoms with Gasteiger partial charge in [0.1, 0.15) is 0 Å². The van der Waals surface area contributed by atoms with Crippen molar-refractivity contribution in [3.63, 3.8) is 0 Å². The molecular weight excluding hydrogens is 344 g/mol. The van der Waals surface area contributed by atoms with Crippen molar-refractivity contribution in [3.8, 4) is 0 Å². The molecule has 7 nitrogen and oxygen atoms in total. The number of esters is 1. The van der Waals surface area contributed by atoms with Gasteiger partial charge in [0.25, 0.3) is 5.91 Å². The molecule has 0 bridgehead atoms. The fourth-order valence-corrected chi connectivity index (χ4v) is 3.72. The lowest BCUT2D eigenvalue weighted by atomic mass is 9.97. The van der Waals surface area contributed by atoms with Crippen molar-refractivity contribution in [1.82, 2.24) is 4.90 Å². The van der Waals surface area contributed by atoms with Crippen LogP contribution in [0.25, 0.3) is 0 Å². The van der Waals surface area contributed by atoms with E-state index < -0.39 is 16.0 Å². The SMILES string of the molecule is C[C@H]1CCC[C@H](C)N1C(=O)COC(=O)c1ccccc1NS(C)(=O)=O. The Bertz CT molecular complexity index is 737. The molecule has 1 heterocycles. The van der Waals surface area contributed by atoms with Gasteiger partial charge in [0.15, 0.2) is 6.61 Å². The third-order valence-electron chi connectivity index (χ3n) is 4.25. The Morgan fingerprint density at radius 2 is 1.80 bits per heavy atom. The molecule has 2 rings (SSSR count). The number of likely N-dealkylation sites (tertiary alicyclic amines) is 1. The number of ether oxygens (including phenoxy) is 1. The number of anilines is 1. The summed E-state index contributed by atoms with van der Waals surface area (Å²) in [4.78, 5) is 26.4. The molecule has 1 aromatic rings. The third kappa shape index (κ3) is 5.19. The van der Waals surface area contributed by atoms with Crippen LogP contribution in [0.5, 0.6) is 0 Å². The highest BCUT2D eigenvalue weighted by Crippen LogP contribution is 2.23. The summed E-state index contributed by atoms with van der Waals surface area (Å²) in [6.45, 7) is 3.61. The number of hydrogen-bond donors (Lipinski definition) is 1. The van der Waals surface area contributed by atoms with Crippen molar-refractivity contribution in [2.45, 2.75) is 45.2 Å². The Labute approximate surface area is 148 Å². The maximum Gasteiger partial charge on any atom is 0.340 e. The fraction of sp³-hybridized carbons (Fsp3) is 0.529. The lowest BCUT2D eigenvalue weighted by molar-refractivity contribution is -0.140. The Hall–Kier alpha value is -2.09. The molecule has 138 valence electrons. The second-order valence-electron chi connectivity index (χ2n) is 6.43. The van der Waals surface area contributed by atoms with Gasteiger partial charge < -0.3 is 9.64 Å². The van der Waals surface area contributed by atoms with Gasteiger partial charge in [-0.3, -0.25) is 9.52 Å². The number of carbonyl (C=O) groups excluding carboxylic acids is 2. The van der Waals surface area contributed by atoms with Gasteiger partial charge in [-0.25, -0.2) is 13.2 Å². The predicted octanol–water partition coefficient (Wildman–Crippen LogP) is 2.00. The molecule has 1 aromatic carbocycles. The van der Waals surface area contributed by atoms with Crippen LogP contribution >= 0.6 is 0 Å². The molecule has 8 heteroatoms. The fourth-order valence-electron chi connectivity index (χ4n) is 3.14. The maximum atomic E-state index is 12.4. The third-order valence-corrected chi connectivity index (χ3v) is 4.84. The zero-order valence-electron chi connectivity index (χ0n) is 14.7. The molecule has 0 saturated carbocycles. The van der Waals surface area contributed by atoms with Gasteiger partial charge in [-0.1, -0.05) is 12.1 Å². The Balaban J connectivity index is 2.04. The standard InChI is InChI=1S/C17H24N2O5S/c1-12-7-6-8-13(2)19(12)16(20)11-24-17(21)14-9-4-5-10-15(14)18-25(3,22)23/h4-5,9-10,12-13,18H,6-8,11H2,1-3H3/t12-,13-/m0/s1. The lowest BCUT2D eigenvalue weighted by Crippen LogP contribution is -2.49. The molecule has 0 spiro atoms. The topological polar surface area (TPSA) is 92.8 Å². The minimum Gasteiger partial charge on any atom is -0.452 e. The van der Waals surface area contributed by atoms with E-state index in [0.29, 0.717) is 0 Å². The maximum absolute atomic E-state index is 12.4. The van der Waals surface area contributed by atoms with Crippen molar-refractivity contribution < 1.29 is 22.7 Å². The molecule has 1 fully saturated rings. The Morgan fingerprint density at radius 3 is 2.40 bits per heavy atom. The van der Waals surface area contributed by atoms with E-state index in [1.807, 2.05) is 13.8 Å². The Morgan fingerprint density at radius 1 is 1.20 bits per heavy atom. The normalized spacial score (nSPS) is 20.8. The van der Waals surface area contributed by atoms with E-state index in [1.54, 1.807) is 17.0 Å². The number of nitrogens with zero attached hydrogens (tertiary/aromatic N) is 1. The summed E-state index contributed by atoms with van der Waals surface area (Å²) in [6, 6.07) is 6.36. The van der Waals surface area contributed by atoms with E-state index in [-0.39, 0.29) is 35.8 Å². The largest absolute Gasteiger partial charge is 0.452 e. The highest BCUT2D eigenvalue weighted by atomic mass is 32.2. The first kappa shape index (κ1) is 19.2.